The first-order valence-electron chi connectivity index (χ1n) is 7.99. The maximum absolute atomic E-state index is 13.1. The van der Waals surface area contributed by atoms with Crippen LogP contribution in [-0.4, -0.2) is 25.7 Å². The maximum Gasteiger partial charge on any atom is 0.186 e. The molecule has 2 aromatic heterocycles. The molecule has 26 heavy (non-hydrogen) atoms. The van der Waals surface area contributed by atoms with E-state index in [0.29, 0.717) is 27.9 Å². The first-order valence-corrected chi connectivity index (χ1v) is 9.64. The molecular formula is C19H16N2O4S. The van der Waals surface area contributed by atoms with Crippen LogP contribution < -0.4 is 4.74 Å². The lowest BCUT2D eigenvalue weighted by molar-refractivity contribution is 0.419. The van der Waals surface area contributed by atoms with Crippen molar-refractivity contribution in [3.05, 3.63) is 59.9 Å². The molecule has 0 radical (unpaired) electrons. The van der Waals surface area contributed by atoms with Gasteiger partial charge < -0.3 is 9.26 Å². The average molecular weight is 368 g/mol. The number of para-hydroxylation sites is 1. The second-order valence-electron chi connectivity index (χ2n) is 6.06. The zero-order chi connectivity index (χ0) is 18.3. The number of hydrogen-bond donors (Lipinski definition) is 0. The predicted octanol–water partition coefficient (Wildman–Crippen LogP) is 3.67. The number of benzene rings is 2. The molecule has 0 aliphatic heterocycles. The summed E-state index contributed by atoms with van der Waals surface area (Å²) in [4.78, 5) is 4.51. The van der Waals surface area contributed by atoms with Crippen LogP contribution in [0.5, 0.6) is 5.75 Å². The molecule has 0 spiro atoms. The van der Waals surface area contributed by atoms with Gasteiger partial charge in [0.25, 0.3) is 0 Å². The molecule has 7 heteroatoms. The Morgan fingerprint density at radius 2 is 1.96 bits per heavy atom. The molecule has 4 rings (SSSR count). The molecule has 0 aliphatic rings. The number of hydrogen-bond acceptors (Lipinski definition) is 6. The number of aromatic nitrogens is 2. The van der Waals surface area contributed by atoms with Gasteiger partial charge >= 0.3 is 0 Å². The number of nitrogens with zero attached hydrogens (tertiary/aromatic N) is 2. The summed E-state index contributed by atoms with van der Waals surface area (Å²) in [5.41, 5.74) is 2.24. The summed E-state index contributed by atoms with van der Waals surface area (Å²) in [6, 6.07) is 12.3. The summed E-state index contributed by atoms with van der Waals surface area (Å²) >= 11 is 0. The fourth-order valence-corrected chi connectivity index (χ4v) is 4.51. The third-order valence-electron chi connectivity index (χ3n) is 4.22. The van der Waals surface area contributed by atoms with Crippen LogP contribution in [0.1, 0.15) is 11.3 Å². The predicted molar refractivity (Wildman–Crippen MR) is 97.9 cm³/mol. The molecule has 0 saturated heterocycles. The number of ether oxygens (including phenoxy) is 1. The molecular weight excluding hydrogens is 352 g/mol. The molecule has 4 aromatic rings. The van der Waals surface area contributed by atoms with E-state index in [1.807, 2.05) is 19.1 Å². The first-order chi connectivity index (χ1) is 12.5. The molecule has 2 heterocycles. The number of aryl methyl sites for hydroxylation is 1. The quantitative estimate of drug-likeness (QED) is 0.547. The Bertz CT molecular complexity index is 1230. The largest absolute Gasteiger partial charge is 0.496 e. The van der Waals surface area contributed by atoms with E-state index in [2.05, 4.69) is 10.1 Å². The van der Waals surface area contributed by atoms with E-state index in [1.54, 1.807) is 36.5 Å². The minimum Gasteiger partial charge on any atom is -0.496 e. The number of fused-ring (bicyclic) bond motifs is 2. The van der Waals surface area contributed by atoms with Crippen LogP contribution in [0.25, 0.3) is 21.9 Å². The van der Waals surface area contributed by atoms with Gasteiger partial charge in [-0.2, -0.15) is 0 Å². The monoisotopic (exact) mass is 368 g/mol. The fraction of sp³-hybridized carbons (Fsp3) is 0.158. The molecule has 0 unspecified atom stereocenters. The van der Waals surface area contributed by atoms with E-state index in [0.717, 1.165) is 10.9 Å². The number of sulfone groups is 1. The van der Waals surface area contributed by atoms with E-state index in [1.165, 1.54) is 7.11 Å². The lowest BCUT2D eigenvalue weighted by atomic mass is 10.2. The molecule has 0 fully saturated rings. The lowest BCUT2D eigenvalue weighted by Crippen LogP contribution is -2.07. The van der Waals surface area contributed by atoms with E-state index in [4.69, 9.17) is 9.26 Å². The van der Waals surface area contributed by atoms with Crippen LogP contribution in [0.3, 0.4) is 0 Å². The van der Waals surface area contributed by atoms with Crippen LogP contribution in [-0.2, 0) is 15.6 Å². The minimum absolute atomic E-state index is 0.182. The van der Waals surface area contributed by atoms with E-state index < -0.39 is 9.84 Å². The standard InChI is InChI=1S/C19H16N2O4S/c1-12-9-13-5-3-8-17(19(13)20-10-12)26(22,23)11-14-18-15(24-2)6-4-7-16(18)25-21-14/h3-10H,11H2,1-2H3. The Morgan fingerprint density at radius 1 is 1.15 bits per heavy atom. The second kappa shape index (κ2) is 6.10. The molecule has 6 nitrogen and oxygen atoms in total. The van der Waals surface area contributed by atoms with Crippen LogP contribution in [0.4, 0.5) is 0 Å². The molecule has 0 saturated carbocycles. The van der Waals surface area contributed by atoms with Crippen molar-refractivity contribution >= 4 is 31.7 Å². The van der Waals surface area contributed by atoms with Gasteiger partial charge in [0, 0.05) is 11.6 Å². The van der Waals surface area contributed by atoms with Crippen molar-refractivity contribution in [2.75, 3.05) is 7.11 Å². The molecule has 132 valence electrons. The third kappa shape index (κ3) is 2.70. The van der Waals surface area contributed by atoms with Crippen molar-refractivity contribution in [1.82, 2.24) is 10.1 Å². The van der Waals surface area contributed by atoms with Crippen molar-refractivity contribution in [3.63, 3.8) is 0 Å². The van der Waals surface area contributed by atoms with Gasteiger partial charge in [-0.15, -0.1) is 0 Å². The normalized spacial score (nSPS) is 11.9. The summed E-state index contributed by atoms with van der Waals surface area (Å²) in [5.74, 6) is 0.232. The van der Waals surface area contributed by atoms with Gasteiger partial charge in [0.05, 0.1) is 22.9 Å². The SMILES string of the molecule is COc1cccc2onc(CS(=O)(=O)c3cccc4cc(C)cnc34)c12. The summed E-state index contributed by atoms with van der Waals surface area (Å²) < 4.78 is 36.7. The smallest absolute Gasteiger partial charge is 0.186 e. The molecule has 0 atom stereocenters. The average Bonchev–Trinajstić information content (AvgIpc) is 3.03. The lowest BCUT2D eigenvalue weighted by Gasteiger charge is -2.07. The number of pyridine rings is 1. The van der Waals surface area contributed by atoms with Crippen molar-refractivity contribution in [1.29, 1.82) is 0 Å². The van der Waals surface area contributed by atoms with Crippen LogP contribution in [0, 0.1) is 6.92 Å². The highest BCUT2D eigenvalue weighted by atomic mass is 32.2. The molecule has 0 N–H and O–H groups in total. The Labute approximate surface area is 150 Å². The van der Waals surface area contributed by atoms with Gasteiger partial charge in [-0.1, -0.05) is 23.4 Å². The van der Waals surface area contributed by atoms with E-state index in [9.17, 15) is 8.42 Å². The number of methoxy groups -OCH3 is 1. The third-order valence-corrected chi connectivity index (χ3v) is 5.88. The van der Waals surface area contributed by atoms with E-state index >= 15 is 0 Å². The summed E-state index contributed by atoms with van der Waals surface area (Å²) in [5, 5.41) is 5.31. The zero-order valence-electron chi connectivity index (χ0n) is 14.3. The van der Waals surface area contributed by atoms with Gasteiger partial charge in [-0.25, -0.2) is 8.42 Å². The van der Waals surface area contributed by atoms with Crippen LogP contribution >= 0.6 is 0 Å². The fourth-order valence-electron chi connectivity index (χ4n) is 3.04. The minimum atomic E-state index is -3.68. The van der Waals surface area contributed by atoms with Gasteiger partial charge in [-0.3, -0.25) is 4.98 Å². The Hall–Kier alpha value is -2.93. The van der Waals surface area contributed by atoms with Crippen molar-refractivity contribution in [3.8, 4) is 5.75 Å². The van der Waals surface area contributed by atoms with E-state index in [-0.39, 0.29) is 10.6 Å². The zero-order valence-corrected chi connectivity index (χ0v) is 15.1. The molecule has 2 aromatic carbocycles. The molecule has 0 bridgehead atoms. The van der Waals surface area contributed by atoms with Gasteiger partial charge in [0.1, 0.15) is 17.2 Å². The Morgan fingerprint density at radius 3 is 2.77 bits per heavy atom. The molecule has 0 aliphatic carbocycles. The highest BCUT2D eigenvalue weighted by molar-refractivity contribution is 7.90. The van der Waals surface area contributed by atoms with Gasteiger partial charge in [0.2, 0.25) is 0 Å². The van der Waals surface area contributed by atoms with Crippen LogP contribution in [0.15, 0.2) is 58.1 Å². The second-order valence-corrected chi connectivity index (χ2v) is 8.02. The maximum atomic E-state index is 13.1. The summed E-state index contributed by atoms with van der Waals surface area (Å²) in [6.45, 7) is 1.92. The highest BCUT2D eigenvalue weighted by Crippen LogP contribution is 2.32. The number of rotatable bonds is 4. The van der Waals surface area contributed by atoms with Gasteiger partial charge in [0.15, 0.2) is 15.4 Å². The molecule has 0 amide bonds. The Kier molecular flexibility index (Phi) is 3.88. The summed E-state index contributed by atoms with van der Waals surface area (Å²) in [6.07, 6.45) is 1.66. The van der Waals surface area contributed by atoms with Crippen LogP contribution in [0.2, 0.25) is 0 Å². The van der Waals surface area contributed by atoms with Crippen molar-refractivity contribution in [2.45, 2.75) is 17.6 Å². The van der Waals surface area contributed by atoms with Gasteiger partial charge in [-0.05, 0) is 36.8 Å². The van der Waals surface area contributed by atoms with Crippen molar-refractivity contribution < 1.29 is 17.7 Å². The highest BCUT2D eigenvalue weighted by Gasteiger charge is 2.24. The van der Waals surface area contributed by atoms with Crippen molar-refractivity contribution in [2.24, 2.45) is 0 Å². The Balaban J connectivity index is 1.85. The first kappa shape index (κ1) is 16.5. The topological polar surface area (TPSA) is 82.3 Å². The summed E-state index contributed by atoms with van der Waals surface area (Å²) in [7, 11) is -2.15.